The fourth-order valence-corrected chi connectivity index (χ4v) is 1.75. The molecule has 2 aromatic heterocycles. The lowest BCUT2D eigenvalue weighted by molar-refractivity contribution is 0.295. The summed E-state index contributed by atoms with van der Waals surface area (Å²) in [6.07, 6.45) is 6.04. The summed E-state index contributed by atoms with van der Waals surface area (Å²) in [7, 11) is 1.91. The largest absolute Gasteiger partial charge is 0.396 e. The smallest absolute Gasteiger partial charge is 0.110 e. The average Bonchev–Trinajstić information content (AvgIpc) is 2.86. The van der Waals surface area contributed by atoms with Crippen molar-refractivity contribution in [2.24, 2.45) is 7.05 Å². The molecule has 3 aromatic rings. The summed E-state index contributed by atoms with van der Waals surface area (Å²) in [6.45, 7) is 0.171. The van der Waals surface area contributed by atoms with Gasteiger partial charge in [-0.3, -0.25) is 4.98 Å². The zero-order valence-electron chi connectivity index (χ0n) is 11.3. The molecule has 3 rings (SSSR count). The maximum Gasteiger partial charge on any atom is 0.110 e. The molecule has 4 nitrogen and oxygen atoms in total. The highest BCUT2D eigenvalue weighted by molar-refractivity contribution is 8.93. The van der Waals surface area contributed by atoms with Crippen molar-refractivity contribution in [3.8, 4) is 0 Å². The number of aliphatic hydroxyl groups excluding tert-OH is 1. The van der Waals surface area contributed by atoms with E-state index in [-0.39, 0.29) is 23.6 Å². The second-order valence-electron chi connectivity index (χ2n) is 4.12. The lowest BCUT2D eigenvalue weighted by Gasteiger charge is -1.95. The third-order valence-corrected chi connectivity index (χ3v) is 2.77. The standard InChI is InChI=1S/C9H7N.C6H10N2O.BrH/c1-2-6-9-8(4-1)5-3-7-10-9;1-8-4-3-7-6(8)2-5-9;/h1-7H;3-4,9H,2,5H2,1H3;1H. The predicted molar refractivity (Wildman–Crippen MR) is 86.1 cm³/mol. The molecule has 5 heteroatoms. The first kappa shape index (κ1) is 16.3. The van der Waals surface area contributed by atoms with Crippen molar-refractivity contribution >= 4 is 27.9 Å². The molecule has 106 valence electrons. The van der Waals surface area contributed by atoms with Gasteiger partial charge in [0.2, 0.25) is 0 Å². The highest BCUT2D eigenvalue weighted by Gasteiger charge is 1.94. The van der Waals surface area contributed by atoms with Gasteiger partial charge in [-0.1, -0.05) is 24.3 Å². The summed E-state index contributed by atoms with van der Waals surface area (Å²) in [5, 5.41) is 9.71. The number of para-hydroxylation sites is 1. The molecule has 0 aliphatic heterocycles. The van der Waals surface area contributed by atoms with Gasteiger partial charge in [0.25, 0.3) is 0 Å². The highest BCUT2D eigenvalue weighted by Crippen LogP contribution is 2.07. The van der Waals surface area contributed by atoms with E-state index in [1.807, 2.05) is 48.3 Å². The van der Waals surface area contributed by atoms with Crippen LogP contribution in [0.1, 0.15) is 5.82 Å². The summed E-state index contributed by atoms with van der Waals surface area (Å²) < 4.78 is 1.90. The number of aromatic nitrogens is 3. The molecular weight excluding hydrogens is 318 g/mol. The van der Waals surface area contributed by atoms with Gasteiger partial charge in [0.15, 0.2) is 0 Å². The van der Waals surface area contributed by atoms with Crippen LogP contribution in [0.15, 0.2) is 55.0 Å². The van der Waals surface area contributed by atoms with E-state index < -0.39 is 0 Å². The van der Waals surface area contributed by atoms with Gasteiger partial charge in [-0.2, -0.15) is 0 Å². The quantitative estimate of drug-likeness (QED) is 0.783. The fraction of sp³-hybridized carbons (Fsp3) is 0.200. The number of halogens is 1. The average molecular weight is 336 g/mol. The van der Waals surface area contributed by atoms with Crippen molar-refractivity contribution < 1.29 is 5.11 Å². The van der Waals surface area contributed by atoms with E-state index in [1.165, 1.54) is 5.39 Å². The number of hydrogen-bond donors (Lipinski definition) is 1. The van der Waals surface area contributed by atoms with Crippen molar-refractivity contribution in [3.63, 3.8) is 0 Å². The van der Waals surface area contributed by atoms with Crippen LogP contribution in [0.25, 0.3) is 10.9 Å². The Hall–Kier alpha value is -1.72. The Labute approximate surface area is 128 Å². The first-order valence-electron chi connectivity index (χ1n) is 6.18. The minimum Gasteiger partial charge on any atom is -0.396 e. The van der Waals surface area contributed by atoms with E-state index in [0.29, 0.717) is 6.42 Å². The Morgan fingerprint density at radius 2 is 1.80 bits per heavy atom. The Balaban J connectivity index is 0.000000192. The minimum absolute atomic E-state index is 0. The normalized spacial score (nSPS) is 9.50. The summed E-state index contributed by atoms with van der Waals surface area (Å²) in [6, 6.07) is 12.1. The molecule has 2 heterocycles. The molecule has 1 aromatic carbocycles. The van der Waals surface area contributed by atoms with E-state index >= 15 is 0 Å². The number of hydrogen-bond acceptors (Lipinski definition) is 3. The van der Waals surface area contributed by atoms with E-state index in [9.17, 15) is 0 Å². The van der Waals surface area contributed by atoms with Crippen molar-refractivity contribution in [2.75, 3.05) is 6.61 Å². The van der Waals surface area contributed by atoms with Gasteiger partial charge in [0, 0.05) is 37.4 Å². The van der Waals surface area contributed by atoms with E-state index in [0.717, 1.165) is 11.3 Å². The highest BCUT2D eigenvalue weighted by atomic mass is 79.9. The predicted octanol–water partition coefficient (Wildman–Crippen LogP) is 2.77. The van der Waals surface area contributed by atoms with Gasteiger partial charge in [0.05, 0.1) is 12.1 Å². The van der Waals surface area contributed by atoms with E-state index in [4.69, 9.17) is 5.11 Å². The third-order valence-electron chi connectivity index (χ3n) is 2.77. The molecule has 20 heavy (non-hydrogen) atoms. The molecule has 0 radical (unpaired) electrons. The van der Waals surface area contributed by atoms with Crippen molar-refractivity contribution in [1.82, 2.24) is 14.5 Å². The Morgan fingerprint density at radius 3 is 2.45 bits per heavy atom. The monoisotopic (exact) mass is 335 g/mol. The van der Waals surface area contributed by atoms with Crippen molar-refractivity contribution in [1.29, 1.82) is 0 Å². The minimum atomic E-state index is 0. The van der Waals surface area contributed by atoms with Crippen LogP contribution in [-0.2, 0) is 13.5 Å². The molecular formula is C15H18BrN3O. The lowest BCUT2D eigenvalue weighted by Crippen LogP contribution is -1.99. The zero-order chi connectivity index (χ0) is 13.5. The maximum atomic E-state index is 8.51. The van der Waals surface area contributed by atoms with Crippen LogP contribution >= 0.6 is 17.0 Å². The summed E-state index contributed by atoms with van der Waals surface area (Å²) >= 11 is 0. The lowest BCUT2D eigenvalue weighted by atomic mass is 10.2. The SMILES string of the molecule is Br.Cn1ccnc1CCO.c1ccc2ncccc2c1. The van der Waals surface area contributed by atoms with Gasteiger partial charge < -0.3 is 9.67 Å². The summed E-state index contributed by atoms with van der Waals surface area (Å²) in [5.41, 5.74) is 1.06. The molecule has 0 spiro atoms. The Bertz CT molecular complexity index is 574. The number of aryl methyl sites for hydroxylation is 1. The van der Waals surface area contributed by atoms with Crippen molar-refractivity contribution in [3.05, 3.63) is 60.8 Å². The molecule has 0 amide bonds. The van der Waals surface area contributed by atoms with Crippen LogP contribution in [-0.4, -0.2) is 26.2 Å². The van der Waals surface area contributed by atoms with E-state index in [1.54, 1.807) is 6.20 Å². The summed E-state index contributed by atoms with van der Waals surface area (Å²) in [5.74, 6) is 0.928. The number of nitrogens with zero attached hydrogens (tertiary/aromatic N) is 3. The van der Waals surface area contributed by atoms with Gasteiger partial charge in [-0.05, 0) is 12.1 Å². The number of aliphatic hydroxyl groups is 1. The molecule has 0 fully saturated rings. The molecule has 0 saturated heterocycles. The van der Waals surface area contributed by atoms with Gasteiger partial charge in [-0.15, -0.1) is 17.0 Å². The maximum absolute atomic E-state index is 8.51. The van der Waals surface area contributed by atoms with Gasteiger partial charge in [0.1, 0.15) is 5.82 Å². The van der Waals surface area contributed by atoms with Crippen LogP contribution < -0.4 is 0 Å². The molecule has 1 N–H and O–H groups in total. The van der Waals surface area contributed by atoms with Crippen LogP contribution in [0.4, 0.5) is 0 Å². The molecule has 0 aliphatic carbocycles. The second-order valence-corrected chi connectivity index (χ2v) is 4.12. The number of fused-ring (bicyclic) bond motifs is 1. The molecule has 0 unspecified atom stereocenters. The van der Waals surface area contributed by atoms with Crippen LogP contribution in [0.2, 0.25) is 0 Å². The third kappa shape index (κ3) is 4.43. The first-order chi connectivity index (χ1) is 9.31. The van der Waals surface area contributed by atoms with Crippen LogP contribution in [0.3, 0.4) is 0 Å². The Morgan fingerprint density at radius 1 is 1.05 bits per heavy atom. The molecule has 0 atom stereocenters. The molecule has 0 saturated carbocycles. The number of pyridine rings is 1. The van der Waals surface area contributed by atoms with Crippen molar-refractivity contribution in [2.45, 2.75) is 6.42 Å². The van der Waals surface area contributed by atoms with Crippen LogP contribution in [0, 0.1) is 0 Å². The first-order valence-corrected chi connectivity index (χ1v) is 6.18. The number of benzene rings is 1. The second kappa shape index (κ2) is 8.45. The molecule has 0 bridgehead atoms. The fourth-order valence-electron chi connectivity index (χ4n) is 1.75. The summed E-state index contributed by atoms with van der Waals surface area (Å²) in [4.78, 5) is 8.19. The van der Waals surface area contributed by atoms with E-state index in [2.05, 4.69) is 22.1 Å². The van der Waals surface area contributed by atoms with Gasteiger partial charge in [-0.25, -0.2) is 4.98 Å². The molecule has 0 aliphatic rings. The number of imidazole rings is 1. The zero-order valence-corrected chi connectivity index (χ0v) is 13.0. The van der Waals surface area contributed by atoms with Gasteiger partial charge >= 0.3 is 0 Å². The van der Waals surface area contributed by atoms with Crippen LogP contribution in [0.5, 0.6) is 0 Å². The topological polar surface area (TPSA) is 50.9 Å². The Kier molecular flexibility index (Phi) is 6.90. The number of rotatable bonds is 2.